The van der Waals surface area contributed by atoms with Crippen molar-refractivity contribution in [3.8, 4) is 11.3 Å². The summed E-state index contributed by atoms with van der Waals surface area (Å²) in [7, 11) is 0. The van der Waals surface area contributed by atoms with Crippen molar-refractivity contribution in [3.05, 3.63) is 89.9 Å². The average Bonchev–Trinajstić information content (AvgIpc) is 3.03. The summed E-state index contributed by atoms with van der Waals surface area (Å²) in [5, 5.41) is 2.65. The first-order valence-electron chi connectivity index (χ1n) is 27.8. The van der Waals surface area contributed by atoms with Gasteiger partial charge in [-0.25, -0.2) is 27.7 Å². The molecule has 1 N–H and O–H groups in total. The van der Waals surface area contributed by atoms with Crippen LogP contribution >= 0.6 is 0 Å². The second kappa shape index (κ2) is 34.3. The molecular weight excluding hydrogens is 1090 g/mol. The fourth-order valence-corrected chi connectivity index (χ4v) is 8.93. The first-order valence-corrected chi connectivity index (χ1v) is 27.8. The number of nitrogens with zero attached hydrogens (tertiary/aromatic N) is 5. The van der Waals surface area contributed by atoms with E-state index in [1.165, 1.54) is 28.9 Å². The van der Waals surface area contributed by atoms with E-state index in [-0.39, 0.29) is 108 Å². The number of hydrogen-bond donors (Lipinski definition) is 1. The summed E-state index contributed by atoms with van der Waals surface area (Å²) in [4.78, 5) is 85.1. The Morgan fingerprint density at radius 3 is 1.86 bits per heavy atom. The summed E-state index contributed by atoms with van der Waals surface area (Å²) in [6.45, 7) is 15.3. The van der Waals surface area contributed by atoms with Gasteiger partial charge in [-0.2, -0.15) is 0 Å². The van der Waals surface area contributed by atoms with Crippen molar-refractivity contribution in [2.45, 2.75) is 85.4 Å². The molecule has 4 unspecified atom stereocenters. The number of carbonyl (C=O) groups excluding carboxylic acids is 6. The van der Waals surface area contributed by atoms with Crippen LogP contribution in [0.2, 0.25) is 0 Å². The van der Waals surface area contributed by atoms with E-state index in [4.69, 9.17) is 52.4 Å². The summed E-state index contributed by atoms with van der Waals surface area (Å²) in [6.07, 6.45) is -0.408. The molecule has 1 fully saturated rings. The second-order valence-electron chi connectivity index (χ2n) is 21.3. The van der Waals surface area contributed by atoms with Gasteiger partial charge in [0.1, 0.15) is 29.2 Å². The molecule has 460 valence electrons. The number of esters is 1. The molecule has 22 nitrogen and oxygen atoms in total. The van der Waals surface area contributed by atoms with Crippen molar-refractivity contribution in [3.63, 3.8) is 0 Å². The Kier molecular flexibility index (Phi) is 27.8. The number of aromatic nitrogens is 2. The predicted molar refractivity (Wildman–Crippen MR) is 294 cm³/mol. The van der Waals surface area contributed by atoms with Crippen molar-refractivity contribution in [2.24, 2.45) is 11.3 Å². The first-order chi connectivity index (χ1) is 39.6. The lowest BCUT2D eigenvalue weighted by Gasteiger charge is -2.43. The monoisotopic (exact) mass is 1170 g/mol. The average molecular weight is 1180 g/mol. The quantitative estimate of drug-likeness (QED) is 0.0298. The van der Waals surface area contributed by atoms with Crippen molar-refractivity contribution in [2.75, 3.05) is 132 Å². The van der Waals surface area contributed by atoms with Crippen LogP contribution < -0.4 is 5.32 Å². The summed E-state index contributed by atoms with van der Waals surface area (Å²) in [5.41, 5.74) is -1.32. The highest BCUT2D eigenvalue weighted by Gasteiger charge is 2.47. The molecule has 5 amide bonds. The minimum atomic E-state index is -1.62. The maximum atomic E-state index is 16.3. The van der Waals surface area contributed by atoms with Crippen LogP contribution in [0.5, 0.6) is 0 Å². The number of likely N-dealkylation sites (tertiary alicyclic amines) is 1. The molecule has 2 aliphatic heterocycles. The normalized spacial score (nSPS) is 16.1. The van der Waals surface area contributed by atoms with E-state index in [1.807, 2.05) is 30.3 Å². The van der Waals surface area contributed by atoms with Gasteiger partial charge in [-0.1, -0.05) is 44.2 Å². The number of halogens is 3. The Labute approximate surface area is 483 Å². The fourth-order valence-electron chi connectivity index (χ4n) is 8.93. The molecule has 0 saturated carbocycles. The lowest BCUT2D eigenvalue weighted by Crippen LogP contribution is -2.50. The van der Waals surface area contributed by atoms with Gasteiger partial charge in [-0.05, 0) is 63.3 Å². The molecule has 1 saturated heterocycles. The molecule has 83 heavy (non-hydrogen) atoms. The van der Waals surface area contributed by atoms with Gasteiger partial charge in [-0.15, -0.1) is 0 Å². The van der Waals surface area contributed by atoms with Crippen LogP contribution in [0, 0.1) is 23.0 Å². The largest absolute Gasteiger partial charge is 0.453 e. The van der Waals surface area contributed by atoms with Gasteiger partial charge < -0.3 is 67.1 Å². The summed E-state index contributed by atoms with van der Waals surface area (Å²) in [6, 6.07) is 11.0. The third-order valence-electron chi connectivity index (χ3n) is 13.0. The number of alkyl carbamates (subject to hydrolysis) is 1. The SMILES string of the molecule is CC(=O)OC(C)C(=O)N(CC1CN(C(=O)OC(C)(C)C)CC1F)C(c1nc(-c2cc(F)ccc2F)cn1Cc1ccccc1)C(C)(C)CCOC(=O)NCCOCCOCCOCCOCCOCCOCCOCCN1C(=O)C=CC1=O. The predicted octanol–water partition coefficient (Wildman–Crippen LogP) is 6.09. The molecule has 2 aromatic carbocycles. The van der Waals surface area contributed by atoms with E-state index in [1.54, 1.807) is 45.4 Å². The molecule has 0 radical (unpaired) electrons. The molecule has 3 aromatic rings. The number of carbonyl (C=O) groups is 6. The van der Waals surface area contributed by atoms with Crippen LogP contribution in [0.3, 0.4) is 0 Å². The van der Waals surface area contributed by atoms with Crippen molar-refractivity contribution in [1.29, 1.82) is 0 Å². The van der Waals surface area contributed by atoms with Crippen molar-refractivity contribution >= 4 is 35.9 Å². The zero-order chi connectivity index (χ0) is 60.4. The van der Waals surface area contributed by atoms with Gasteiger partial charge in [-0.3, -0.25) is 24.1 Å². The summed E-state index contributed by atoms with van der Waals surface area (Å²) >= 11 is 0. The molecular formula is C58H81F3N6O16. The minimum Gasteiger partial charge on any atom is -0.453 e. The molecule has 25 heteroatoms. The van der Waals surface area contributed by atoms with Gasteiger partial charge >= 0.3 is 18.2 Å². The number of benzene rings is 2. The Balaban J connectivity index is 1.09. The highest BCUT2D eigenvalue weighted by atomic mass is 19.1. The fraction of sp³-hybridized carbons (Fsp3) is 0.603. The molecule has 4 atom stereocenters. The highest BCUT2D eigenvalue weighted by Crippen LogP contribution is 2.44. The molecule has 5 rings (SSSR count). The van der Waals surface area contributed by atoms with E-state index < -0.39 is 70.9 Å². The number of alkyl halides is 1. The maximum absolute atomic E-state index is 16.3. The molecule has 0 bridgehead atoms. The Morgan fingerprint density at radius 1 is 0.747 bits per heavy atom. The van der Waals surface area contributed by atoms with Crippen LogP contribution in [0.1, 0.15) is 72.3 Å². The van der Waals surface area contributed by atoms with Crippen LogP contribution in [0.4, 0.5) is 22.8 Å². The van der Waals surface area contributed by atoms with Crippen LogP contribution in [-0.4, -0.2) is 210 Å². The van der Waals surface area contributed by atoms with E-state index >= 15 is 8.78 Å². The van der Waals surface area contributed by atoms with Gasteiger partial charge in [0.2, 0.25) is 0 Å². The van der Waals surface area contributed by atoms with Crippen LogP contribution in [-0.2, 0) is 73.1 Å². The number of ether oxygens (including phenoxy) is 10. The molecule has 2 aliphatic rings. The Hall–Kier alpha value is -6.48. The van der Waals surface area contributed by atoms with Gasteiger partial charge in [0.05, 0.1) is 124 Å². The zero-order valence-corrected chi connectivity index (χ0v) is 48.6. The standard InChI is InChI=1S/C58H81F3N6O16/c1-41(82-42(2)68)54(71)67(38-44-37-65(39-48(44)61)56(73)83-57(3,4)5)52(53-63-49(46-35-45(59)13-14-47(46)60)40-64(53)36-43-11-9-8-10-12-43)58(6,7)17-20-81-55(72)62-18-21-74-23-25-76-27-29-78-31-33-80-34-32-79-30-28-77-26-24-75-22-19-66-50(69)15-16-51(66)70/h8-16,35,40-41,44,48,52H,17-34,36-39H2,1-7H3,(H,62,72). The number of imidazole rings is 1. The number of nitrogens with one attached hydrogen (secondary N) is 1. The lowest BCUT2D eigenvalue weighted by molar-refractivity contribution is -0.161. The summed E-state index contributed by atoms with van der Waals surface area (Å²) < 4.78 is 103. The summed E-state index contributed by atoms with van der Waals surface area (Å²) in [5.74, 6) is -4.40. The van der Waals surface area contributed by atoms with E-state index in [0.29, 0.717) is 66.1 Å². The second-order valence-corrected chi connectivity index (χ2v) is 21.3. The van der Waals surface area contributed by atoms with E-state index in [2.05, 4.69) is 5.32 Å². The molecule has 0 spiro atoms. The van der Waals surface area contributed by atoms with Gasteiger partial charge in [0.25, 0.3) is 17.7 Å². The Morgan fingerprint density at radius 2 is 1.30 bits per heavy atom. The Bertz CT molecular complexity index is 2550. The third kappa shape index (κ3) is 23.2. The highest BCUT2D eigenvalue weighted by molar-refractivity contribution is 6.12. The van der Waals surface area contributed by atoms with Gasteiger partial charge in [0.15, 0.2) is 6.10 Å². The van der Waals surface area contributed by atoms with Gasteiger partial charge in [0, 0.05) is 62.9 Å². The number of hydrogen-bond acceptors (Lipinski definition) is 17. The first kappa shape index (κ1) is 67.3. The number of imide groups is 1. The van der Waals surface area contributed by atoms with E-state index in [0.717, 1.165) is 35.6 Å². The van der Waals surface area contributed by atoms with Crippen LogP contribution in [0.25, 0.3) is 11.3 Å². The topological polar surface area (TPSA) is 234 Å². The minimum absolute atomic E-state index is 0.0379. The molecule has 0 aliphatic carbocycles. The molecule has 1 aromatic heterocycles. The smallest absolute Gasteiger partial charge is 0.410 e. The zero-order valence-electron chi connectivity index (χ0n) is 48.6. The van der Waals surface area contributed by atoms with Crippen molar-refractivity contribution < 1.29 is 89.3 Å². The van der Waals surface area contributed by atoms with Crippen molar-refractivity contribution in [1.82, 2.24) is 29.6 Å². The lowest BCUT2D eigenvalue weighted by atomic mass is 9.79. The maximum Gasteiger partial charge on any atom is 0.410 e. The number of amides is 5. The molecule has 3 heterocycles. The van der Waals surface area contributed by atoms with Crippen LogP contribution in [0.15, 0.2) is 66.9 Å². The van der Waals surface area contributed by atoms with E-state index in [9.17, 15) is 33.2 Å². The number of rotatable bonds is 37. The third-order valence-corrected chi connectivity index (χ3v) is 13.0.